The summed E-state index contributed by atoms with van der Waals surface area (Å²) in [7, 11) is 0. The quantitative estimate of drug-likeness (QED) is 0.847. The summed E-state index contributed by atoms with van der Waals surface area (Å²) in [6.07, 6.45) is 5.07. The number of likely N-dealkylation sites (tertiary alicyclic amines) is 1. The van der Waals surface area contributed by atoms with Crippen molar-refractivity contribution < 1.29 is 0 Å². The van der Waals surface area contributed by atoms with Crippen LogP contribution in [-0.4, -0.2) is 34.9 Å². The van der Waals surface area contributed by atoms with Crippen molar-refractivity contribution in [1.29, 1.82) is 5.26 Å². The van der Waals surface area contributed by atoms with Gasteiger partial charge < -0.3 is 10.2 Å². The number of aromatic nitrogens is 1. The SMILES string of the molecule is CC1CCCCN1CCCNc1snc(Cl)c1C#N. The van der Waals surface area contributed by atoms with Gasteiger partial charge in [-0.05, 0) is 44.3 Å². The lowest BCUT2D eigenvalue weighted by Crippen LogP contribution is -2.38. The van der Waals surface area contributed by atoms with Crippen LogP contribution >= 0.6 is 23.1 Å². The predicted molar refractivity (Wildman–Crippen MR) is 79.8 cm³/mol. The third-order valence-corrected chi connectivity index (χ3v) is 4.79. The van der Waals surface area contributed by atoms with Crippen LogP contribution in [0.25, 0.3) is 0 Å². The van der Waals surface area contributed by atoms with Crippen molar-refractivity contribution in [2.45, 2.75) is 38.6 Å². The van der Waals surface area contributed by atoms with E-state index in [4.69, 9.17) is 16.9 Å². The Bertz CT molecular complexity index is 454. The van der Waals surface area contributed by atoms with Gasteiger partial charge in [-0.25, -0.2) is 0 Å². The maximum absolute atomic E-state index is 8.97. The van der Waals surface area contributed by atoms with Crippen LogP contribution in [0.15, 0.2) is 0 Å². The van der Waals surface area contributed by atoms with E-state index >= 15 is 0 Å². The van der Waals surface area contributed by atoms with Crippen molar-refractivity contribution in [1.82, 2.24) is 9.27 Å². The van der Waals surface area contributed by atoms with Gasteiger partial charge in [0.15, 0.2) is 5.15 Å². The van der Waals surface area contributed by atoms with Gasteiger partial charge in [-0.3, -0.25) is 0 Å². The Hall–Kier alpha value is -0.830. The Morgan fingerprint density at radius 3 is 3.16 bits per heavy atom. The van der Waals surface area contributed by atoms with Crippen molar-refractivity contribution >= 4 is 28.1 Å². The van der Waals surface area contributed by atoms with Gasteiger partial charge in [0.25, 0.3) is 0 Å². The molecule has 1 aliphatic rings. The number of halogens is 1. The highest BCUT2D eigenvalue weighted by molar-refractivity contribution is 7.10. The van der Waals surface area contributed by atoms with Gasteiger partial charge in [0, 0.05) is 19.1 Å². The van der Waals surface area contributed by atoms with Gasteiger partial charge in [0.05, 0.1) is 0 Å². The van der Waals surface area contributed by atoms with Crippen molar-refractivity contribution in [3.8, 4) is 6.07 Å². The number of hydrogen-bond acceptors (Lipinski definition) is 5. The summed E-state index contributed by atoms with van der Waals surface area (Å²) in [5.74, 6) is 0. The van der Waals surface area contributed by atoms with Gasteiger partial charge in [0.1, 0.15) is 16.6 Å². The van der Waals surface area contributed by atoms with Gasteiger partial charge in [0.2, 0.25) is 0 Å². The number of nitriles is 1. The highest BCUT2D eigenvalue weighted by Crippen LogP contribution is 2.27. The third-order valence-electron chi connectivity index (χ3n) is 3.61. The van der Waals surface area contributed by atoms with Gasteiger partial charge in [-0.2, -0.15) is 9.64 Å². The summed E-state index contributed by atoms with van der Waals surface area (Å²) in [5.41, 5.74) is 0.470. The fourth-order valence-electron chi connectivity index (χ4n) is 2.46. The molecule has 1 aromatic heterocycles. The highest BCUT2D eigenvalue weighted by atomic mass is 35.5. The average molecular weight is 299 g/mol. The first-order valence-corrected chi connectivity index (χ1v) is 7.90. The summed E-state index contributed by atoms with van der Waals surface area (Å²) < 4.78 is 3.98. The molecule has 1 atom stereocenters. The third kappa shape index (κ3) is 3.82. The molecular formula is C13H19ClN4S. The predicted octanol–water partition coefficient (Wildman–Crippen LogP) is 3.34. The number of nitrogens with one attached hydrogen (secondary N) is 1. The lowest BCUT2D eigenvalue weighted by atomic mass is 10.0. The Morgan fingerprint density at radius 2 is 2.42 bits per heavy atom. The second kappa shape index (κ2) is 7.09. The van der Waals surface area contributed by atoms with Crippen molar-refractivity contribution in [2.75, 3.05) is 25.0 Å². The maximum Gasteiger partial charge on any atom is 0.162 e. The van der Waals surface area contributed by atoms with Gasteiger partial charge in [-0.1, -0.05) is 18.0 Å². The number of piperidine rings is 1. The van der Waals surface area contributed by atoms with Gasteiger partial charge >= 0.3 is 0 Å². The molecule has 0 amide bonds. The molecule has 1 aromatic rings. The molecule has 0 saturated carbocycles. The zero-order valence-electron chi connectivity index (χ0n) is 11.2. The first-order chi connectivity index (χ1) is 9.22. The molecule has 1 saturated heterocycles. The Labute approximate surface area is 123 Å². The standard InChI is InChI=1S/C13H19ClN4S/c1-10-5-2-3-7-18(10)8-4-6-16-13-11(9-15)12(14)17-19-13/h10,16H,2-8H2,1H3. The first-order valence-electron chi connectivity index (χ1n) is 6.75. The molecule has 0 bridgehead atoms. The monoisotopic (exact) mass is 298 g/mol. The first kappa shape index (κ1) is 14.6. The highest BCUT2D eigenvalue weighted by Gasteiger charge is 2.17. The number of rotatable bonds is 5. The smallest absolute Gasteiger partial charge is 0.162 e. The van der Waals surface area contributed by atoms with Gasteiger partial charge in [-0.15, -0.1) is 0 Å². The minimum absolute atomic E-state index is 0.305. The molecule has 4 nitrogen and oxygen atoms in total. The van der Waals surface area contributed by atoms with E-state index < -0.39 is 0 Å². The summed E-state index contributed by atoms with van der Waals surface area (Å²) in [6, 6.07) is 2.79. The van der Waals surface area contributed by atoms with Crippen LogP contribution in [0.3, 0.4) is 0 Å². The van der Waals surface area contributed by atoms with E-state index in [1.165, 1.54) is 37.3 Å². The van der Waals surface area contributed by atoms with E-state index in [1.807, 2.05) is 0 Å². The van der Waals surface area contributed by atoms with E-state index in [-0.39, 0.29) is 0 Å². The van der Waals surface area contributed by atoms with Crippen LogP contribution in [0.4, 0.5) is 5.00 Å². The Balaban J connectivity index is 1.73. The van der Waals surface area contributed by atoms with E-state index in [0.29, 0.717) is 16.8 Å². The van der Waals surface area contributed by atoms with Crippen molar-refractivity contribution in [2.24, 2.45) is 0 Å². The molecule has 1 fully saturated rings. The normalized spacial score (nSPS) is 20.2. The van der Waals surface area contributed by atoms with Crippen LogP contribution in [0, 0.1) is 11.3 Å². The number of anilines is 1. The second-order valence-corrected chi connectivity index (χ2v) is 6.08. The molecule has 1 N–H and O–H groups in total. The molecule has 0 spiro atoms. The summed E-state index contributed by atoms with van der Waals surface area (Å²) in [5, 5.41) is 13.3. The molecule has 1 unspecified atom stereocenters. The van der Waals surface area contributed by atoms with Crippen LogP contribution in [0.5, 0.6) is 0 Å². The van der Waals surface area contributed by atoms with E-state index in [0.717, 1.165) is 24.5 Å². The minimum atomic E-state index is 0.305. The van der Waals surface area contributed by atoms with Crippen molar-refractivity contribution in [3.05, 3.63) is 10.7 Å². The Kier molecular flexibility index (Phi) is 5.44. The average Bonchev–Trinajstić information content (AvgIpc) is 2.77. The molecule has 6 heteroatoms. The number of nitrogens with zero attached hydrogens (tertiary/aromatic N) is 3. The summed E-state index contributed by atoms with van der Waals surface area (Å²) in [6.45, 7) is 5.50. The summed E-state index contributed by atoms with van der Waals surface area (Å²) >= 11 is 7.09. The molecule has 104 valence electrons. The topological polar surface area (TPSA) is 52.0 Å². The van der Waals surface area contributed by atoms with E-state index in [9.17, 15) is 0 Å². The molecular weight excluding hydrogens is 280 g/mol. The lowest BCUT2D eigenvalue weighted by molar-refractivity contribution is 0.160. The molecule has 0 radical (unpaired) electrons. The van der Waals surface area contributed by atoms with Crippen LogP contribution < -0.4 is 5.32 Å². The fourth-order valence-corrected chi connectivity index (χ4v) is 3.42. The Morgan fingerprint density at radius 1 is 1.58 bits per heavy atom. The zero-order chi connectivity index (χ0) is 13.7. The van der Waals surface area contributed by atoms with Crippen molar-refractivity contribution in [3.63, 3.8) is 0 Å². The second-order valence-electron chi connectivity index (χ2n) is 4.95. The van der Waals surface area contributed by atoms with E-state index in [2.05, 4.69) is 27.6 Å². The maximum atomic E-state index is 8.97. The fraction of sp³-hybridized carbons (Fsp3) is 0.692. The van der Waals surface area contributed by atoms with E-state index in [1.54, 1.807) is 0 Å². The molecule has 0 aliphatic carbocycles. The summed E-state index contributed by atoms with van der Waals surface area (Å²) in [4.78, 5) is 2.55. The molecule has 19 heavy (non-hydrogen) atoms. The van der Waals surface area contributed by atoms with Crippen LogP contribution in [0.2, 0.25) is 5.15 Å². The minimum Gasteiger partial charge on any atom is -0.374 e. The molecule has 1 aliphatic heterocycles. The van der Waals surface area contributed by atoms with Crippen LogP contribution in [0.1, 0.15) is 38.2 Å². The van der Waals surface area contributed by atoms with Crippen LogP contribution in [-0.2, 0) is 0 Å². The molecule has 2 rings (SSSR count). The molecule has 0 aromatic carbocycles. The largest absolute Gasteiger partial charge is 0.374 e. The molecule has 2 heterocycles. The number of hydrogen-bond donors (Lipinski definition) is 1. The lowest BCUT2D eigenvalue weighted by Gasteiger charge is -2.33. The zero-order valence-corrected chi connectivity index (χ0v) is 12.7.